The molecule has 2 amide bonds. The molecule has 27 heavy (non-hydrogen) atoms. The lowest BCUT2D eigenvalue weighted by Gasteiger charge is -2.35. The molecule has 0 saturated carbocycles. The van der Waals surface area contributed by atoms with Gasteiger partial charge in [0.15, 0.2) is 0 Å². The molecule has 1 fully saturated rings. The van der Waals surface area contributed by atoms with Gasteiger partial charge in [-0.25, -0.2) is 0 Å². The first-order valence-corrected chi connectivity index (χ1v) is 9.21. The van der Waals surface area contributed by atoms with Crippen molar-refractivity contribution in [3.05, 3.63) is 64.2 Å². The van der Waals surface area contributed by atoms with Crippen molar-refractivity contribution in [2.24, 2.45) is 0 Å². The van der Waals surface area contributed by atoms with Crippen LogP contribution in [-0.2, 0) is 0 Å². The number of nitrogens with zero attached hydrogens (tertiary/aromatic N) is 2. The number of para-hydroxylation sites is 1. The van der Waals surface area contributed by atoms with E-state index in [-0.39, 0.29) is 11.8 Å². The Morgan fingerprint density at radius 3 is 1.89 bits per heavy atom. The number of carbonyl (C=O) groups is 2. The molecule has 1 aliphatic rings. The number of methoxy groups -OCH3 is 1. The fourth-order valence-electron chi connectivity index (χ4n) is 3.47. The van der Waals surface area contributed by atoms with Crippen LogP contribution in [0.1, 0.15) is 37.4 Å². The molecular formula is C22H26N2O3. The van der Waals surface area contributed by atoms with Crippen molar-refractivity contribution < 1.29 is 14.3 Å². The monoisotopic (exact) mass is 366 g/mol. The molecule has 0 unspecified atom stereocenters. The number of rotatable bonds is 3. The van der Waals surface area contributed by atoms with Crippen molar-refractivity contribution in [1.29, 1.82) is 0 Å². The molecule has 1 aliphatic heterocycles. The SMILES string of the molecule is COc1ccccc1C(=O)N1CCN(C(=O)c2cc(C)c(C)cc2C)CC1. The summed E-state index contributed by atoms with van der Waals surface area (Å²) in [7, 11) is 1.56. The van der Waals surface area contributed by atoms with Crippen LogP contribution in [0.3, 0.4) is 0 Å². The highest BCUT2D eigenvalue weighted by Gasteiger charge is 2.27. The number of carbonyl (C=O) groups excluding carboxylic acids is 2. The van der Waals surface area contributed by atoms with Crippen LogP contribution in [0, 0.1) is 20.8 Å². The summed E-state index contributed by atoms with van der Waals surface area (Å²) in [5.41, 5.74) is 4.62. The van der Waals surface area contributed by atoms with Gasteiger partial charge in [0.05, 0.1) is 12.7 Å². The first-order chi connectivity index (χ1) is 12.9. The molecule has 5 heteroatoms. The highest BCUT2D eigenvalue weighted by molar-refractivity contribution is 5.98. The van der Waals surface area contributed by atoms with E-state index in [9.17, 15) is 9.59 Å². The number of aryl methyl sites for hydroxylation is 3. The molecule has 142 valence electrons. The fraction of sp³-hybridized carbons (Fsp3) is 0.364. The molecule has 0 spiro atoms. The Morgan fingerprint density at radius 1 is 0.778 bits per heavy atom. The van der Waals surface area contributed by atoms with Crippen LogP contribution in [-0.4, -0.2) is 54.9 Å². The first kappa shape index (κ1) is 19.0. The molecular weight excluding hydrogens is 340 g/mol. The zero-order valence-corrected chi connectivity index (χ0v) is 16.4. The minimum absolute atomic E-state index is 0.0417. The van der Waals surface area contributed by atoms with Gasteiger partial charge in [-0.2, -0.15) is 0 Å². The zero-order valence-electron chi connectivity index (χ0n) is 16.4. The van der Waals surface area contributed by atoms with Crippen LogP contribution >= 0.6 is 0 Å². The Labute approximate surface area is 160 Å². The summed E-state index contributed by atoms with van der Waals surface area (Å²) < 4.78 is 5.30. The summed E-state index contributed by atoms with van der Waals surface area (Å²) in [6.07, 6.45) is 0. The Bertz CT molecular complexity index is 868. The lowest BCUT2D eigenvalue weighted by Crippen LogP contribution is -2.50. The van der Waals surface area contributed by atoms with Gasteiger partial charge >= 0.3 is 0 Å². The molecule has 0 aromatic heterocycles. The molecule has 0 N–H and O–H groups in total. The minimum Gasteiger partial charge on any atom is -0.496 e. The van der Waals surface area contributed by atoms with E-state index >= 15 is 0 Å². The second-order valence-electron chi connectivity index (χ2n) is 7.04. The van der Waals surface area contributed by atoms with Crippen LogP contribution in [0.2, 0.25) is 0 Å². The Morgan fingerprint density at radius 2 is 1.30 bits per heavy atom. The van der Waals surface area contributed by atoms with E-state index in [2.05, 4.69) is 13.0 Å². The van der Waals surface area contributed by atoms with Crippen LogP contribution in [0.4, 0.5) is 0 Å². The summed E-state index contributed by atoms with van der Waals surface area (Å²) in [4.78, 5) is 29.4. The molecule has 0 bridgehead atoms. The Hall–Kier alpha value is -2.82. The van der Waals surface area contributed by atoms with E-state index < -0.39 is 0 Å². The predicted molar refractivity (Wildman–Crippen MR) is 105 cm³/mol. The van der Waals surface area contributed by atoms with Gasteiger partial charge in [-0.1, -0.05) is 18.2 Å². The van der Waals surface area contributed by atoms with Gasteiger partial charge in [0.2, 0.25) is 0 Å². The van der Waals surface area contributed by atoms with Gasteiger partial charge in [0.1, 0.15) is 5.75 Å². The smallest absolute Gasteiger partial charge is 0.257 e. The Balaban J connectivity index is 1.69. The molecule has 0 aliphatic carbocycles. The number of ether oxygens (including phenoxy) is 1. The van der Waals surface area contributed by atoms with E-state index in [1.54, 1.807) is 24.1 Å². The molecule has 0 radical (unpaired) electrons. The number of hydrogen-bond donors (Lipinski definition) is 0. The maximum atomic E-state index is 12.9. The van der Waals surface area contributed by atoms with Crippen LogP contribution in [0.5, 0.6) is 5.75 Å². The van der Waals surface area contributed by atoms with E-state index in [1.807, 2.05) is 36.9 Å². The highest BCUT2D eigenvalue weighted by atomic mass is 16.5. The molecule has 2 aromatic carbocycles. The third kappa shape index (κ3) is 3.82. The topological polar surface area (TPSA) is 49.9 Å². The number of amides is 2. The van der Waals surface area contributed by atoms with Crippen molar-refractivity contribution in [3.63, 3.8) is 0 Å². The van der Waals surface area contributed by atoms with Crippen molar-refractivity contribution in [2.45, 2.75) is 20.8 Å². The largest absolute Gasteiger partial charge is 0.496 e. The summed E-state index contributed by atoms with van der Waals surface area (Å²) in [6, 6.07) is 11.3. The second kappa shape index (κ2) is 7.82. The lowest BCUT2D eigenvalue weighted by molar-refractivity contribution is 0.0533. The minimum atomic E-state index is -0.0538. The van der Waals surface area contributed by atoms with Crippen molar-refractivity contribution >= 4 is 11.8 Å². The van der Waals surface area contributed by atoms with Gasteiger partial charge < -0.3 is 14.5 Å². The third-order valence-electron chi connectivity index (χ3n) is 5.26. The average molecular weight is 366 g/mol. The molecule has 0 atom stereocenters. The summed E-state index contributed by atoms with van der Waals surface area (Å²) >= 11 is 0. The van der Waals surface area contributed by atoms with Gasteiger partial charge in [-0.3, -0.25) is 9.59 Å². The summed E-state index contributed by atoms with van der Waals surface area (Å²) in [5, 5.41) is 0. The Kier molecular flexibility index (Phi) is 5.49. The summed E-state index contributed by atoms with van der Waals surface area (Å²) in [6.45, 7) is 8.16. The van der Waals surface area contributed by atoms with E-state index in [1.165, 1.54) is 5.56 Å². The number of benzene rings is 2. The van der Waals surface area contributed by atoms with Gasteiger partial charge in [-0.15, -0.1) is 0 Å². The number of piperazine rings is 1. The van der Waals surface area contributed by atoms with Gasteiger partial charge in [0, 0.05) is 31.7 Å². The third-order valence-corrected chi connectivity index (χ3v) is 5.26. The first-order valence-electron chi connectivity index (χ1n) is 9.21. The van der Waals surface area contributed by atoms with Gasteiger partial charge in [-0.05, 0) is 55.7 Å². The molecule has 5 nitrogen and oxygen atoms in total. The van der Waals surface area contributed by atoms with E-state index in [0.29, 0.717) is 37.5 Å². The maximum absolute atomic E-state index is 12.9. The summed E-state index contributed by atoms with van der Waals surface area (Å²) in [5.74, 6) is 0.564. The van der Waals surface area contributed by atoms with Crippen LogP contribution in [0.25, 0.3) is 0 Å². The lowest BCUT2D eigenvalue weighted by atomic mass is 10.00. The van der Waals surface area contributed by atoms with Crippen molar-refractivity contribution in [3.8, 4) is 5.75 Å². The van der Waals surface area contributed by atoms with E-state index in [0.717, 1.165) is 16.7 Å². The van der Waals surface area contributed by atoms with Crippen LogP contribution < -0.4 is 4.74 Å². The zero-order chi connectivity index (χ0) is 19.6. The van der Waals surface area contributed by atoms with E-state index in [4.69, 9.17) is 4.74 Å². The molecule has 2 aromatic rings. The van der Waals surface area contributed by atoms with Crippen molar-refractivity contribution in [1.82, 2.24) is 9.80 Å². The number of hydrogen-bond acceptors (Lipinski definition) is 3. The normalized spacial score (nSPS) is 14.2. The van der Waals surface area contributed by atoms with Gasteiger partial charge in [0.25, 0.3) is 11.8 Å². The molecule has 1 saturated heterocycles. The second-order valence-corrected chi connectivity index (χ2v) is 7.04. The molecule has 3 rings (SSSR count). The van der Waals surface area contributed by atoms with Crippen molar-refractivity contribution in [2.75, 3.05) is 33.3 Å². The predicted octanol–water partition coefficient (Wildman–Crippen LogP) is 3.22. The standard InChI is InChI=1S/C22H26N2O3/c1-15-13-17(3)19(14-16(15)2)22(26)24-11-9-23(10-12-24)21(25)18-7-5-6-8-20(18)27-4/h5-8,13-14H,9-12H2,1-4H3. The fourth-order valence-corrected chi connectivity index (χ4v) is 3.47. The highest BCUT2D eigenvalue weighted by Crippen LogP contribution is 2.21. The maximum Gasteiger partial charge on any atom is 0.257 e. The molecule has 1 heterocycles. The average Bonchev–Trinajstić information content (AvgIpc) is 2.69. The van der Waals surface area contributed by atoms with Crippen LogP contribution in [0.15, 0.2) is 36.4 Å². The quantitative estimate of drug-likeness (QED) is 0.838.